The molecule has 0 unspecified atom stereocenters. The maximum atomic E-state index is 5.28. The predicted molar refractivity (Wildman–Crippen MR) is 85.5 cm³/mol. The highest BCUT2D eigenvalue weighted by atomic mass is 32.1. The summed E-state index contributed by atoms with van der Waals surface area (Å²) >= 11 is 5.28. The van der Waals surface area contributed by atoms with E-state index in [0.29, 0.717) is 5.54 Å². The first-order valence-corrected chi connectivity index (χ1v) is 8.37. The zero-order valence-corrected chi connectivity index (χ0v) is 12.7. The Morgan fingerprint density at radius 3 is 2.05 bits per heavy atom. The monoisotopic (exact) mass is 284 g/mol. The average Bonchev–Trinajstić information content (AvgIpc) is 2.44. The largest absolute Gasteiger partial charge is 0.350 e. The molecule has 4 aliphatic carbocycles. The Labute approximate surface area is 127 Å². The first kappa shape index (κ1) is 12.8. The van der Waals surface area contributed by atoms with E-state index in [0.717, 1.165) is 24.3 Å². The van der Waals surface area contributed by atoms with Crippen LogP contribution in [0.15, 0.2) is 30.3 Å². The Kier molecular flexibility index (Phi) is 3.10. The van der Waals surface area contributed by atoms with E-state index in [9.17, 15) is 0 Å². The molecule has 1 nitrogen and oxygen atoms in total. The SMILES string of the molecule is S=[C]N(Cc1ccccc1)C12CC3CC(CC(C3)C1)C2. The minimum atomic E-state index is 0.340. The highest BCUT2D eigenvalue weighted by molar-refractivity contribution is 7.78. The number of hydrogen-bond donors (Lipinski definition) is 0. The van der Waals surface area contributed by atoms with Gasteiger partial charge >= 0.3 is 0 Å². The molecule has 105 valence electrons. The van der Waals surface area contributed by atoms with E-state index in [1.54, 1.807) is 0 Å². The first-order chi connectivity index (χ1) is 9.77. The average molecular weight is 284 g/mol. The van der Waals surface area contributed by atoms with Gasteiger partial charge in [-0.3, -0.25) is 0 Å². The summed E-state index contributed by atoms with van der Waals surface area (Å²) in [4.78, 5) is 2.39. The minimum Gasteiger partial charge on any atom is -0.350 e. The van der Waals surface area contributed by atoms with Crippen LogP contribution in [0.5, 0.6) is 0 Å². The lowest BCUT2D eigenvalue weighted by molar-refractivity contribution is -0.0621. The summed E-state index contributed by atoms with van der Waals surface area (Å²) in [5.74, 6) is 2.88. The Morgan fingerprint density at radius 2 is 1.55 bits per heavy atom. The van der Waals surface area contributed by atoms with Crippen molar-refractivity contribution in [3.8, 4) is 0 Å². The van der Waals surface area contributed by atoms with Gasteiger partial charge in [0.15, 0.2) is 0 Å². The van der Waals surface area contributed by atoms with Crippen LogP contribution in [-0.2, 0) is 6.54 Å². The summed E-state index contributed by atoms with van der Waals surface area (Å²) < 4.78 is 0. The molecule has 1 radical (unpaired) electrons. The van der Waals surface area contributed by atoms with E-state index < -0.39 is 0 Å². The van der Waals surface area contributed by atoms with Crippen molar-refractivity contribution in [3.05, 3.63) is 35.9 Å². The zero-order chi connectivity index (χ0) is 13.6. The molecular formula is C18H22NS. The second-order valence-corrected chi connectivity index (χ2v) is 7.49. The van der Waals surface area contributed by atoms with Crippen molar-refractivity contribution >= 4 is 17.7 Å². The number of hydrogen-bond acceptors (Lipinski definition) is 1. The van der Waals surface area contributed by atoms with Crippen LogP contribution in [0.1, 0.15) is 44.1 Å². The van der Waals surface area contributed by atoms with Crippen LogP contribution < -0.4 is 0 Å². The molecule has 2 heteroatoms. The van der Waals surface area contributed by atoms with Crippen molar-refractivity contribution in [1.29, 1.82) is 0 Å². The molecule has 4 aliphatic rings. The van der Waals surface area contributed by atoms with Crippen LogP contribution in [0.25, 0.3) is 0 Å². The van der Waals surface area contributed by atoms with Gasteiger partial charge in [-0.1, -0.05) is 42.5 Å². The molecule has 4 bridgehead atoms. The van der Waals surface area contributed by atoms with E-state index in [-0.39, 0.29) is 0 Å². The lowest BCUT2D eigenvalue weighted by atomic mass is 9.52. The van der Waals surface area contributed by atoms with Gasteiger partial charge < -0.3 is 4.90 Å². The summed E-state index contributed by atoms with van der Waals surface area (Å²) in [7, 11) is 0. The van der Waals surface area contributed by atoms with Gasteiger partial charge in [-0.05, 0) is 61.8 Å². The highest BCUT2D eigenvalue weighted by Crippen LogP contribution is 2.57. The van der Waals surface area contributed by atoms with Crippen molar-refractivity contribution in [1.82, 2.24) is 4.90 Å². The van der Waals surface area contributed by atoms with Crippen molar-refractivity contribution in [2.45, 2.75) is 50.6 Å². The van der Waals surface area contributed by atoms with Gasteiger partial charge in [-0.15, -0.1) is 0 Å². The van der Waals surface area contributed by atoms with Crippen LogP contribution in [-0.4, -0.2) is 15.9 Å². The quantitative estimate of drug-likeness (QED) is 0.599. The van der Waals surface area contributed by atoms with E-state index >= 15 is 0 Å². The van der Waals surface area contributed by atoms with Gasteiger partial charge in [0, 0.05) is 12.1 Å². The zero-order valence-electron chi connectivity index (χ0n) is 11.9. The van der Waals surface area contributed by atoms with E-state index in [1.807, 2.05) is 0 Å². The molecule has 0 atom stereocenters. The number of thiocarbonyl (C=S) groups is 1. The molecule has 1 aromatic rings. The molecule has 4 fully saturated rings. The fourth-order valence-electron chi connectivity index (χ4n) is 5.46. The molecule has 0 aromatic heterocycles. The Bertz CT molecular complexity index is 460. The molecule has 0 saturated heterocycles. The predicted octanol–water partition coefficient (Wildman–Crippen LogP) is 4.29. The smallest absolute Gasteiger partial charge is 0.137 e. The van der Waals surface area contributed by atoms with Gasteiger partial charge in [0.2, 0.25) is 0 Å². The Hall–Kier alpha value is -0.890. The molecule has 20 heavy (non-hydrogen) atoms. The van der Waals surface area contributed by atoms with Crippen molar-refractivity contribution in [3.63, 3.8) is 0 Å². The third kappa shape index (κ3) is 2.09. The second-order valence-electron chi connectivity index (χ2n) is 7.30. The molecule has 1 aromatic carbocycles. The van der Waals surface area contributed by atoms with Crippen LogP contribution >= 0.6 is 12.2 Å². The number of nitrogens with zero attached hydrogens (tertiary/aromatic N) is 1. The lowest BCUT2D eigenvalue weighted by Crippen LogP contribution is -2.59. The van der Waals surface area contributed by atoms with Crippen LogP contribution in [0, 0.1) is 17.8 Å². The summed E-state index contributed by atoms with van der Waals surface area (Å²) in [5, 5.41) is 0. The third-order valence-electron chi connectivity index (χ3n) is 5.87. The van der Waals surface area contributed by atoms with Crippen LogP contribution in [0.4, 0.5) is 0 Å². The second kappa shape index (κ2) is 4.84. The van der Waals surface area contributed by atoms with Gasteiger partial charge in [-0.2, -0.15) is 0 Å². The number of rotatable bonds is 4. The molecule has 0 spiro atoms. The van der Waals surface area contributed by atoms with Gasteiger partial charge in [0.25, 0.3) is 0 Å². The highest BCUT2D eigenvalue weighted by Gasteiger charge is 2.53. The molecule has 0 aliphatic heterocycles. The van der Waals surface area contributed by atoms with Crippen molar-refractivity contribution in [2.75, 3.05) is 0 Å². The minimum absolute atomic E-state index is 0.340. The normalized spacial score (nSPS) is 37.9. The topological polar surface area (TPSA) is 3.24 Å². The van der Waals surface area contributed by atoms with E-state index in [2.05, 4.69) is 40.7 Å². The third-order valence-corrected chi connectivity index (χ3v) is 6.09. The molecule has 0 heterocycles. The molecule has 0 N–H and O–H groups in total. The van der Waals surface area contributed by atoms with Gasteiger partial charge in [-0.25, -0.2) is 0 Å². The maximum Gasteiger partial charge on any atom is 0.137 e. The number of benzene rings is 1. The Morgan fingerprint density at radius 1 is 1.00 bits per heavy atom. The summed E-state index contributed by atoms with van der Waals surface area (Å²) in [6, 6.07) is 10.7. The van der Waals surface area contributed by atoms with E-state index in [1.165, 1.54) is 44.1 Å². The van der Waals surface area contributed by atoms with Crippen LogP contribution in [0.3, 0.4) is 0 Å². The Balaban J connectivity index is 1.59. The van der Waals surface area contributed by atoms with Gasteiger partial charge in [0.1, 0.15) is 5.49 Å². The summed E-state index contributed by atoms with van der Waals surface area (Å²) in [5.41, 5.74) is 4.83. The van der Waals surface area contributed by atoms with Gasteiger partial charge in [0.05, 0.1) is 0 Å². The molecule has 0 amide bonds. The maximum absolute atomic E-state index is 5.28. The lowest BCUT2D eigenvalue weighted by Gasteiger charge is -2.60. The fraction of sp³-hybridized carbons (Fsp3) is 0.611. The van der Waals surface area contributed by atoms with Crippen molar-refractivity contribution < 1.29 is 0 Å². The van der Waals surface area contributed by atoms with E-state index in [4.69, 9.17) is 12.2 Å². The van der Waals surface area contributed by atoms with Crippen LogP contribution in [0.2, 0.25) is 0 Å². The molecule has 4 saturated carbocycles. The first-order valence-electron chi connectivity index (χ1n) is 7.97. The molecule has 5 rings (SSSR count). The summed E-state index contributed by atoms with van der Waals surface area (Å²) in [6.45, 7) is 0.941. The summed E-state index contributed by atoms with van der Waals surface area (Å²) in [6.07, 6.45) is 8.52. The molecular weight excluding hydrogens is 262 g/mol. The fourth-order valence-corrected chi connectivity index (χ4v) is 5.72. The standard InChI is InChI=1S/C18H22NS/c20-13-19(12-14-4-2-1-3-5-14)18-9-15-6-16(10-18)8-17(7-15)11-18/h1-5,15-17H,6-12H2. The van der Waals surface area contributed by atoms with Crippen molar-refractivity contribution in [2.24, 2.45) is 17.8 Å².